The average molecular weight is 393 g/mol. The molecule has 4 heteroatoms. The fourth-order valence-electron chi connectivity index (χ4n) is 3.01. The lowest BCUT2D eigenvalue weighted by atomic mass is 9.78. The topological polar surface area (TPSA) is 35.5 Å². The number of hydrogen-bond donors (Lipinski definition) is 0. The predicted octanol–water partition coefficient (Wildman–Crippen LogP) is 6.55. The molecule has 0 aliphatic carbocycles. The molecule has 0 radical (unpaired) electrons. The lowest BCUT2D eigenvalue weighted by Gasteiger charge is -2.37. The maximum atomic E-state index is 12.2. The second kappa shape index (κ2) is 8.48. The van der Waals surface area contributed by atoms with Gasteiger partial charge in [0.15, 0.2) is 8.32 Å². The molecule has 0 atom stereocenters. The van der Waals surface area contributed by atoms with E-state index < -0.39 is 8.32 Å². The van der Waals surface area contributed by atoms with Gasteiger partial charge in [-0.15, -0.1) is 0 Å². The zero-order chi connectivity index (χ0) is 21.2. The van der Waals surface area contributed by atoms with Crippen molar-refractivity contribution in [2.75, 3.05) is 6.61 Å². The van der Waals surface area contributed by atoms with Crippen LogP contribution in [0, 0.1) is 19.8 Å². The number of hydrogen-bond acceptors (Lipinski definition) is 3. The fourth-order valence-corrected chi connectivity index (χ4v) is 4.05. The van der Waals surface area contributed by atoms with Crippen molar-refractivity contribution in [2.45, 2.75) is 92.3 Å². The van der Waals surface area contributed by atoms with Crippen molar-refractivity contribution in [1.82, 2.24) is 0 Å². The Balaban J connectivity index is 3.10. The lowest BCUT2D eigenvalue weighted by molar-refractivity contribution is -0.137. The van der Waals surface area contributed by atoms with Crippen molar-refractivity contribution in [3.05, 3.63) is 28.8 Å². The van der Waals surface area contributed by atoms with Crippen LogP contribution < -0.4 is 4.74 Å². The van der Waals surface area contributed by atoms with E-state index in [-0.39, 0.29) is 22.3 Å². The van der Waals surface area contributed by atoms with Crippen LogP contribution in [0.4, 0.5) is 0 Å². The second-order valence-electron chi connectivity index (χ2n) is 10.3. The number of rotatable bonds is 7. The summed E-state index contributed by atoms with van der Waals surface area (Å²) >= 11 is 0. The number of aryl methyl sites for hydroxylation is 2. The highest BCUT2D eigenvalue weighted by atomic mass is 28.4. The highest BCUT2D eigenvalue weighted by Crippen LogP contribution is 2.40. The Labute approximate surface area is 168 Å². The van der Waals surface area contributed by atoms with Gasteiger partial charge in [0.05, 0.1) is 5.92 Å². The molecule has 0 N–H and O–H groups in total. The van der Waals surface area contributed by atoms with Crippen molar-refractivity contribution in [3.8, 4) is 5.75 Å². The van der Waals surface area contributed by atoms with E-state index in [1.807, 2.05) is 26.8 Å². The van der Waals surface area contributed by atoms with Crippen molar-refractivity contribution in [3.63, 3.8) is 0 Å². The van der Waals surface area contributed by atoms with Crippen LogP contribution in [0.5, 0.6) is 5.75 Å². The molecule has 3 nitrogen and oxygen atoms in total. The van der Waals surface area contributed by atoms with Gasteiger partial charge in [0.1, 0.15) is 5.75 Å². The van der Waals surface area contributed by atoms with Crippen LogP contribution in [0.1, 0.15) is 71.6 Å². The van der Waals surface area contributed by atoms with Crippen LogP contribution in [-0.2, 0) is 14.6 Å². The van der Waals surface area contributed by atoms with Gasteiger partial charge in [-0.1, -0.05) is 54.5 Å². The van der Waals surface area contributed by atoms with E-state index in [0.29, 0.717) is 12.4 Å². The van der Waals surface area contributed by atoms with Gasteiger partial charge >= 0.3 is 5.97 Å². The maximum Gasteiger partial charge on any atom is 0.313 e. The van der Waals surface area contributed by atoms with Gasteiger partial charge in [-0.25, -0.2) is 0 Å². The number of carbonyl (C=O) groups is 1. The summed E-state index contributed by atoms with van der Waals surface area (Å²) in [6.07, 6.45) is 0.885. The summed E-state index contributed by atoms with van der Waals surface area (Å²) in [4.78, 5) is 12.2. The van der Waals surface area contributed by atoms with E-state index >= 15 is 0 Å². The van der Waals surface area contributed by atoms with Crippen molar-refractivity contribution >= 4 is 14.3 Å². The summed E-state index contributed by atoms with van der Waals surface area (Å²) in [5, 5.41) is 0.203. The van der Waals surface area contributed by atoms with Crippen LogP contribution in [0.3, 0.4) is 0 Å². The van der Waals surface area contributed by atoms with Gasteiger partial charge in [0.25, 0.3) is 0 Å². The van der Waals surface area contributed by atoms with Gasteiger partial charge in [-0.05, 0) is 61.0 Å². The summed E-state index contributed by atoms with van der Waals surface area (Å²) in [5.74, 6) is 0.363. The first-order valence-corrected chi connectivity index (χ1v) is 13.0. The molecule has 1 rings (SSSR count). The van der Waals surface area contributed by atoms with Crippen molar-refractivity contribution in [2.24, 2.45) is 5.92 Å². The average Bonchev–Trinajstić information content (AvgIpc) is 2.43. The normalized spacial score (nSPS) is 13.2. The summed E-state index contributed by atoms with van der Waals surface area (Å²) in [7, 11) is -1.77. The third-order valence-corrected chi connectivity index (χ3v) is 10.3. The van der Waals surface area contributed by atoms with Crippen LogP contribution >= 0.6 is 0 Å². The van der Waals surface area contributed by atoms with Crippen molar-refractivity contribution in [1.29, 1.82) is 0 Å². The van der Waals surface area contributed by atoms with E-state index in [1.54, 1.807) is 0 Å². The molecule has 1 aromatic carbocycles. The third-order valence-electron chi connectivity index (χ3n) is 5.80. The highest BCUT2D eigenvalue weighted by molar-refractivity contribution is 6.74. The smallest absolute Gasteiger partial charge is 0.313 e. The van der Waals surface area contributed by atoms with E-state index in [4.69, 9.17) is 9.16 Å². The summed E-state index contributed by atoms with van der Waals surface area (Å²) in [6.45, 7) is 24.4. The minimum absolute atomic E-state index is 0.146. The van der Waals surface area contributed by atoms with Crippen LogP contribution in [0.15, 0.2) is 12.1 Å². The lowest BCUT2D eigenvalue weighted by Crippen LogP contribution is -2.41. The standard InChI is InChI=1S/C23H40O3Si/c1-16(2)21(24)26-19-15-17(3)14-18(4)20(19)23(8,9)12-13-25-27(10,11)22(5,6)7/h14-16H,12-13H2,1-11H3. The van der Waals surface area contributed by atoms with E-state index in [9.17, 15) is 4.79 Å². The summed E-state index contributed by atoms with van der Waals surface area (Å²) in [6, 6.07) is 4.15. The molecule has 154 valence electrons. The Bertz CT molecular complexity index is 667. The van der Waals surface area contributed by atoms with E-state index in [2.05, 4.69) is 60.7 Å². The zero-order valence-electron chi connectivity index (χ0n) is 19.4. The summed E-state index contributed by atoms with van der Waals surface area (Å²) < 4.78 is 12.2. The van der Waals surface area contributed by atoms with Crippen molar-refractivity contribution < 1.29 is 14.0 Å². The first kappa shape index (κ1) is 23.9. The third kappa shape index (κ3) is 6.18. The molecule has 0 fully saturated rings. The van der Waals surface area contributed by atoms with Crippen LogP contribution in [0.25, 0.3) is 0 Å². The SMILES string of the molecule is Cc1cc(C)c(C(C)(C)CCO[Si](C)(C)C(C)(C)C)c(OC(=O)C(C)C)c1. The molecule has 0 bridgehead atoms. The maximum absolute atomic E-state index is 12.2. The van der Waals surface area contributed by atoms with Gasteiger partial charge in [0.2, 0.25) is 0 Å². The van der Waals surface area contributed by atoms with Gasteiger partial charge in [-0.2, -0.15) is 0 Å². The molecule has 0 aliphatic heterocycles. The zero-order valence-corrected chi connectivity index (χ0v) is 20.4. The Morgan fingerprint density at radius 3 is 2.11 bits per heavy atom. The van der Waals surface area contributed by atoms with Crippen LogP contribution in [0.2, 0.25) is 18.1 Å². The molecule has 0 amide bonds. The largest absolute Gasteiger partial charge is 0.426 e. The quantitative estimate of drug-likeness (QED) is 0.300. The minimum Gasteiger partial charge on any atom is -0.426 e. The Morgan fingerprint density at radius 1 is 1.07 bits per heavy atom. The second-order valence-corrected chi connectivity index (χ2v) is 15.1. The molecule has 0 heterocycles. The first-order chi connectivity index (χ1) is 12.1. The molecule has 0 aromatic heterocycles. The number of carbonyl (C=O) groups excluding carboxylic acids is 1. The molecule has 0 unspecified atom stereocenters. The highest BCUT2D eigenvalue weighted by Gasteiger charge is 2.38. The molecule has 0 spiro atoms. The fraction of sp³-hybridized carbons (Fsp3) is 0.696. The van der Waals surface area contributed by atoms with Crippen LogP contribution in [-0.4, -0.2) is 20.9 Å². The molecule has 0 aliphatic rings. The summed E-state index contributed by atoms with van der Waals surface area (Å²) in [5.41, 5.74) is 3.24. The molecule has 1 aromatic rings. The Kier molecular flexibility index (Phi) is 7.51. The van der Waals surface area contributed by atoms with E-state index in [0.717, 1.165) is 17.5 Å². The number of benzene rings is 1. The molecule has 0 saturated carbocycles. The Morgan fingerprint density at radius 2 is 1.63 bits per heavy atom. The minimum atomic E-state index is -1.77. The van der Waals surface area contributed by atoms with Gasteiger partial charge < -0.3 is 9.16 Å². The predicted molar refractivity (Wildman–Crippen MR) is 117 cm³/mol. The molecular weight excluding hydrogens is 352 g/mol. The monoisotopic (exact) mass is 392 g/mol. The Hall–Kier alpha value is -1.13. The van der Waals surface area contributed by atoms with Gasteiger partial charge in [0, 0.05) is 12.2 Å². The van der Waals surface area contributed by atoms with E-state index in [1.165, 1.54) is 5.56 Å². The van der Waals surface area contributed by atoms with Gasteiger partial charge in [-0.3, -0.25) is 4.79 Å². The molecule has 0 saturated heterocycles. The first-order valence-electron chi connectivity index (χ1n) is 10.1. The molecular formula is C23H40O3Si. The number of esters is 1. The number of ether oxygens (including phenoxy) is 1. The molecule has 27 heavy (non-hydrogen) atoms.